The molecule has 0 nitrogen and oxygen atoms in total. The molecule has 0 heterocycles. The Morgan fingerprint density at radius 3 is 0.792 bits per heavy atom. The maximum Gasteiger partial charge on any atom is 0.374 e. The van der Waals surface area contributed by atoms with E-state index in [4.69, 9.17) is 33.2 Å². The molecule has 0 aliphatic heterocycles. The normalized spacial score (nSPS) is 13.3. The molecule has 0 saturated heterocycles. The summed E-state index contributed by atoms with van der Waals surface area (Å²) < 4.78 is 0.840. The van der Waals surface area contributed by atoms with Crippen LogP contribution >= 0.6 is 49.2 Å². The van der Waals surface area contributed by atoms with E-state index in [0.29, 0.717) is 0 Å². The third-order valence-corrected chi connectivity index (χ3v) is 16.1. The van der Waals surface area contributed by atoms with Crippen molar-refractivity contribution in [2.45, 2.75) is 0 Å². The Morgan fingerprint density at radius 2 is 0.509 bits per heavy atom. The molecule has 0 N–H and O–H groups in total. The summed E-state index contributed by atoms with van der Waals surface area (Å²) in [6.07, 6.45) is 0. The minimum Gasteiger partial charge on any atom is -0.121 e. The Bertz CT molecular complexity index is 3670. The molecule has 13 aromatic carbocycles. The van der Waals surface area contributed by atoms with Crippen molar-refractivity contribution in [3.63, 3.8) is 0 Å². The van der Waals surface area contributed by atoms with Crippen LogP contribution in [-0.2, 0) is 0 Å². The summed E-state index contributed by atoms with van der Waals surface area (Å²) in [5, 5.41) is 30.9. The van der Waals surface area contributed by atoms with Gasteiger partial charge in [0.2, 0.25) is 0 Å². The van der Waals surface area contributed by atoms with Crippen LogP contribution in [0.3, 0.4) is 0 Å². The predicted molar refractivity (Wildman–Crippen MR) is 241 cm³/mol. The monoisotopic (exact) mass is 810 g/mol. The smallest absolute Gasteiger partial charge is 0.121 e. The lowest BCUT2D eigenvalue weighted by Gasteiger charge is -2.29. The van der Waals surface area contributed by atoms with Crippen molar-refractivity contribution < 1.29 is 0 Å². The largest absolute Gasteiger partial charge is 0.374 e. The highest BCUT2D eigenvalue weighted by molar-refractivity contribution is 9.10. The van der Waals surface area contributed by atoms with Crippen molar-refractivity contribution in [3.05, 3.63) is 138 Å². The first-order valence-electron chi connectivity index (χ1n) is 17.8. The molecule has 53 heavy (non-hydrogen) atoms. The summed E-state index contributed by atoms with van der Waals surface area (Å²) in [6, 6.07) is 45.9. The van der Waals surface area contributed by atoms with Crippen molar-refractivity contribution in [2.75, 3.05) is 0 Å². The van der Waals surface area contributed by atoms with Crippen LogP contribution in [0.15, 0.2) is 138 Å². The third-order valence-electron chi connectivity index (χ3n) is 12.3. The van der Waals surface area contributed by atoms with Gasteiger partial charge in [0, 0.05) is 9.66 Å². The molecule has 0 radical (unpaired) electrons. The average molecular weight is 813 g/mol. The summed E-state index contributed by atoms with van der Waals surface area (Å²) in [5.41, 5.74) is 0. The minimum atomic E-state index is -3.48. The maximum atomic E-state index is 7.18. The lowest BCUT2D eigenvalue weighted by atomic mass is 9.74. The first-order valence-corrected chi connectivity index (χ1v) is 23.6. The van der Waals surface area contributed by atoms with Gasteiger partial charge in [0.15, 0.2) is 0 Å². The Labute approximate surface area is 325 Å². The van der Waals surface area contributed by atoms with E-state index in [1.54, 1.807) is 0 Å². The molecule has 0 bridgehead atoms. The zero-order chi connectivity index (χ0) is 35.1. The molecule has 246 valence electrons. The molecule has 0 amide bonds. The number of hydrogen-bond acceptors (Lipinski definition) is 0. The van der Waals surface area contributed by atoms with E-state index in [-0.39, 0.29) is 0 Å². The highest BCUT2D eigenvalue weighted by Gasteiger charge is 2.36. The Kier molecular flexibility index (Phi) is 5.55. The van der Waals surface area contributed by atoms with Crippen molar-refractivity contribution in [2.24, 2.45) is 0 Å². The van der Waals surface area contributed by atoms with E-state index in [2.05, 4.69) is 149 Å². The molecular formula is C48H22BrCl3Si. The number of benzene rings is 13. The molecule has 0 unspecified atom stereocenters. The number of hydrogen-bond donors (Lipinski definition) is 0. The molecule has 0 spiro atoms. The van der Waals surface area contributed by atoms with Gasteiger partial charge in [0.25, 0.3) is 0 Å². The van der Waals surface area contributed by atoms with Gasteiger partial charge in [-0.2, -0.15) is 0 Å². The van der Waals surface area contributed by atoms with E-state index in [1.165, 1.54) is 118 Å². The Balaban J connectivity index is 1.60. The van der Waals surface area contributed by atoms with Crippen LogP contribution in [-0.4, -0.2) is 6.00 Å². The summed E-state index contributed by atoms with van der Waals surface area (Å²) >= 11 is 25.4. The Morgan fingerprint density at radius 1 is 0.264 bits per heavy atom. The second-order valence-electron chi connectivity index (χ2n) is 14.6. The summed E-state index contributed by atoms with van der Waals surface area (Å²) in [5.74, 6) is 0. The van der Waals surface area contributed by atoms with Crippen LogP contribution in [0.2, 0.25) is 0 Å². The molecule has 0 saturated carbocycles. The zero-order valence-electron chi connectivity index (χ0n) is 27.7. The van der Waals surface area contributed by atoms with Gasteiger partial charge in [-0.05, 0) is 135 Å². The third kappa shape index (κ3) is 3.39. The fourth-order valence-corrected chi connectivity index (χ4v) is 15.5. The van der Waals surface area contributed by atoms with Gasteiger partial charge in [-0.3, -0.25) is 0 Å². The van der Waals surface area contributed by atoms with Gasteiger partial charge in [0.05, 0.1) is 0 Å². The predicted octanol–water partition coefficient (Wildman–Crippen LogP) is 15.5. The van der Waals surface area contributed by atoms with E-state index in [0.717, 1.165) is 20.4 Å². The van der Waals surface area contributed by atoms with Crippen LogP contribution in [0.25, 0.3) is 129 Å². The van der Waals surface area contributed by atoms with Crippen molar-refractivity contribution >= 4 is 190 Å². The van der Waals surface area contributed by atoms with Crippen LogP contribution in [0, 0.1) is 0 Å². The zero-order valence-corrected chi connectivity index (χ0v) is 32.6. The van der Waals surface area contributed by atoms with E-state index in [1.807, 2.05) is 0 Å². The van der Waals surface area contributed by atoms with Crippen LogP contribution < -0.4 is 5.19 Å². The van der Waals surface area contributed by atoms with Gasteiger partial charge in [0.1, 0.15) is 0 Å². The molecular weight excluding hydrogens is 791 g/mol. The van der Waals surface area contributed by atoms with Crippen LogP contribution in [0.4, 0.5) is 0 Å². The summed E-state index contributed by atoms with van der Waals surface area (Å²) in [4.78, 5) is 0. The molecule has 0 aromatic heterocycles. The quantitative estimate of drug-likeness (QED) is 0.0670. The second-order valence-corrected chi connectivity index (χ2v) is 23.8. The van der Waals surface area contributed by atoms with Gasteiger partial charge in [-0.1, -0.05) is 143 Å². The first kappa shape index (κ1) is 29.7. The number of fused-ring (bicyclic) bond motifs is 18. The first-order chi connectivity index (χ1) is 25.9. The van der Waals surface area contributed by atoms with E-state index < -0.39 is 6.00 Å². The highest BCUT2D eigenvalue weighted by atomic mass is 79.9. The molecule has 0 atom stereocenters. The molecule has 5 heteroatoms. The fraction of sp³-hybridized carbons (Fsp3) is 0. The van der Waals surface area contributed by atoms with Crippen molar-refractivity contribution in [3.8, 4) is 0 Å². The minimum absolute atomic E-state index is 0.806. The van der Waals surface area contributed by atoms with Gasteiger partial charge in [-0.15, -0.1) is 33.2 Å². The lowest BCUT2D eigenvalue weighted by molar-refractivity contribution is 1.79. The fourth-order valence-electron chi connectivity index (χ4n) is 10.6. The SMILES string of the molecule is Cl[Si](Cl)(Cl)c1c(Br)ccc2c1c1c3ccccc3c3c4ccccc4c4c5ccccc5c5c6ccccc6c6c7ccccc7c2c2c6c5c4c3c12. The number of rotatable bonds is 1. The standard InChI is InChI=1S/C48H22BrCl3Si/c49-34-22-21-33-39-30-18-8-7-17-29(30)37-26-14-4-2-12-24(26)35-23-11-1-3-13-25(23)36-27-15-5-6-16-28(27)38-31-19-9-10-20-32(31)40(41(33)48(34)53(50,51)52)47-45(38)43(36)42(35)44(37)46(39)47/h1-22H. The summed E-state index contributed by atoms with van der Waals surface area (Å²) in [6.45, 7) is 0. The van der Waals surface area contributed by atoms with Gasteiger partial charge in [-0.25, -0.2) is 0 Å². The average Bonchev–Trinajstić information content (AvgIpc) is 3.18. The molecule has 13 aromatic rings. The van der Waals surface area contributed by atoms with Crippen LogP contribution in [0.5, 0.6) is 0 Å². The van der Waals surface area contributed by atoms with E-state index in [9.17, 15) is 0 Å². The van der Waals surface area contributed by atoms with Crippen molar-refractivity contribution in [1.29, 1.82) is 0 Å². The van der Waals surface area contributed by atoms with Crippen LogP contribution in [0.1, 0.15) is 0 Å². The Hall–Kier alpha value is -4.67. The van der Waals surface area contributed by atoms with Gasteiger partial charge >= 0.3 is 6.00 Å². The number of halogens is 4. The molecule has 0 aliphatic rings. The molecule has 13 rings (SSSR count). The second kappa shape index (κ2) is 9.89. The maximum absolute atomic E-state index is 7.18. The van der Waals surface area contributed by atoms with Gasteiger partial charge < -0.3 is 0 Å². The van der Waals surface area contributed by atoms with Crippen molar-refractivity contribution in [1.82, 2.24) is 0 Å². The molecule has 0 fully saturated rings. The summed E-state index contributed by atoms with van der Waals surface area (Å²) in [7, 11) is 0. The molecule has 0 aliphatic carbocycles. The lowest BCUT2D eigenvalue weighted by Crippen LogP contribution is -2.32. The topological polar surface area (TPSA) is 0 Å². The van der Waals surface area contributed by atoms with E-state index >= 15 is 0 Å². The highest BCUT2D eigenvalue weighted by Crippen LogP contribution is 2.59.